The van der Waals surface area contributed by atoms with E-state index in [1.165, 1.54) is 4.90 Å². The molecule has 1 unspecified atom stereocenters. The molecule has 1 N–H and O–H groups in total. The van der Waals surface area contributed by atoms with Crippen molar-refractivity contribution in [2.45, 2.75) is 12.3 Å². The fourth-order valence-electron chi connectivity index (χ4n) is 1.73. The van der Waals surface area contributed by atoms with Gasteiger partial charge in [-0.15, -0.1) is 0 Å². The van der Waals surface area contributed by atoms with E-state index in [-0.39, 0.29) is 0 Å². The van der Waals surface area contributed by atoms with E-state index in [2.05, 4.69) is 15.9 Å². The molecule has 0 bridgehead atoms. The normalized spacial score (nSPS) is 22.3. The molecular weight excluding hydrogens is 289 g/mol. The molecule has 1 atom stereocenters. The lowest BCUT2D eigenvalue weighted by Crippen LogP contribution is -2.50. The van der Waals surface area contributed by atoms with E-state index in [9.17, 15) is 18.3 Å². The molecule has 7 heteroatoms. The summed E-state index contributed by atoms with van der Waals surface area (Å²) in [6.45, 7) is 1.68. The quantitative estimate of drug-likeness (QED) is 0.783. The van der Waals surface area contributed by atoms with Crippen LogP contribution in [0, 0.1) is 0 Å². The number of nitrogens with zero attached hydrogens (tertiary/aromatic N) is 2. The molecule has 0 aromatic carbocycles. The summed E-state index contributed by atoms with van der Waals surface area (Å²) in [7, 11) is 0. The number of β-amino-alcohol motifs (C(OH)–C–C–N with tert-alkyl or cyclic N) is 1. The molecule has 96 valence electrons. The van der Waals surface area contributed by atoms with Crippen LogP contribution in [0.5, 0.6) is 0 Å². The summed E-state index contributed by atoms with van der Waals surface area (Å²) in [5.41, 5.74) is 0. The minimum absolute atomic E-state index is 0.411. The van der Waals surface area contributed by atoms with E-state index in [1.807, 2.05) is 4.90 Å². The van der Waals surface area contributed by atoms with Crippen LogP contribution in [0.25, 0.3) is 0 Å². The lowest BCUT2D eigenvalue weighted by atomic mass is 10.3. The lowest BCUT2D eigenvalue weighted by molar-refractivity contribution is -0.149. The van der Waals surface area contributed by atoms with Crippen molar-refractivity contribution in [3.05, 3.63) is 0 Å². The maximum Gasteiger partial charge on any atom is 0.401 e. The topological polar surface area (TPSA) is 26.7 Å². The number of hydrogen-bond acceptors (Lipinski definition) is 3. The Morgan fingerprint density at radius 2 is 1.62 bits per heavy atom. The van der Waals surface area contributed by atoms with Crippen molar-refractivity contribution in [1.29, 1.82) is 0 Å². The predicted octanol–water partition coefficient (Wildman–Crippen LogP) is 0.922. The molecule has 3 nitrogen and oxygen atoms in total. The number of hydrogen-bond donors (Lipinski definition) is 1. The highest BCUT2D eigenvalue weighted by molar-refractivity contribution is 9.09. The van der Waals surface area contributed by atoms with E-state index in [1.54, 1.807) is 0 Å². The Bertz CT molecular complexity index is 207. The van der Waals surface area contributed by atoms with Crippen molar-refractivity contribution >= 4 is 15.9 Å². The molecule has 1 aliphatic heterocycles. The summed E-state index contributed by atoms with van der Waals surface area (Å²) in [5.74, 6) is 0. The third kappa shape index (κ3) is 5.47. The molecule has 1 fully saturated rings. The van der Waals surface area contributed by atoms with E-state index in [0.717, 1.165) is 0 Å². The van der Waals surface area contributed by atoms with Gasteiger partial charge in [-0.3, -0.25) is 9.80 Å². The second kappa shape index (κ2) is 6.18. The minimum Gasteiger partial charge on any atom is -0.391 e. The first kappa shape index (κ1) is 14.2. The van der Waals surface area contributed by atoms with Gasteiger partial charge >= 0.3 is 6.18 Å². The maximum absolute atomic E-state index is 12.1. The molecule has 0 spiro atoms. The highest BCUT2D eigenvalue weighted by Gasteiger charge is 2.32. The third-order valence-corrected chi connectivity index (χ3v) is 3.26. The van der Waals surface area contributed by atoms with Gasteiger partial charge in [-0.05, 0) is 0 Å². The third-order valence-electron chi connectivity index (χ3n) is 2.51. The Morgan fingerprint density at radius 1 is 1.12 bits per heavy atom. The maximum atomic E-state index is 12.1. The fraction of sp³-hybridized carbons (Fsp3) is 1.00. The zero-order chi connectivity index (χ0) is 12.2. The van der Waals surface area contributed by atoms with Crippen LogP contribution in [0.1, 0.15) is 0 Å². The van der Waals surface area contributed by atoms with Crippen LogP contribution in [0.2, 0.25) is 0 Å². The van der Waals surface area contributed by atoms with Gasteiger partial charge in [0, 0.05) is 38.1 Å². The van der Waals surface area contributed by atoms with Crippen LogP contribution in [-0.2, 0) is 0 Å². The largest absolute Gasteiger partial charge is 0.401 e. The van der Waals surface area contributed by atoms with E-state index < -0.39 is 18.8 Å². The molecule has 1 heterocycles. The molecule has 0 radical (unpaired) electrons. The summed E-state index contributed by atoms with van der Waals surface area (Å²) >= 11 is 3.16. The van der Waals surface area contributed by atoms with E-state index in [4.69, 9.17) is 0 Å². The molecule has 0 aliphatic carbocycles. The summed E-state index contributed by atoms with van der Waals surface area (Å²) in [4.78, 5) is 3.38. The standard InChI is InChI=1S/C9H16BrF3N2O/c10-5-8(16)6-14-1-3-15(4-2-14)7-9(11,12)13/h8,16H,1-7H2. The van der Waals surface area contributed by atoms with Gasteiger partial charge < -0.3 is 5.11 Å². The molecule has 0 aromatic heterocycles. The molecule has 0 aromatic rings. The molecule has 0 saturated carbocycles. The van der Waals surface area contributed by atoms with Crippen LogP contribution in [0.4, 0.5) is 13.2 Å². The summed E-state index contributed by atoms with van der Waals surface area (Å²) in [5, 5.41) is 9.88. The van der Waals surface area contributed by atoms with Crippen molar-refractivity contribution < 1.29 is 18.3 Å². The second-order valence-electron chi connectivity index (χ2n) is 4.00. The first-order valence-corrected chi connectivity index (χ1v) is 6.28. The predicted molar refractivity (Wildman–Crippen MR) is 58.7 cm³/mol. The number of aliphatic hydroxyl groups excluding tert-OH is 1. The van der Waals surface area contributed by atoms with Gasteiger partial charge in [-0.25, -0.2) is 0 Å². The van der Waals surface area contributed by atoms with Crippen LogP contribution < -0.4 is 0 Å². The first-order valence-electron chi connectivity index (χ1n) is 5.16. The van der Waals surface area contributed by atoms with Gasteiger partial charge in [-0.1, -0.05) is 15.9 Å². The summed E-state index contributed by atoms with van der Waals surface area (Å²) in [6.07, 6.45) is -4.56. The monoisotopic (exact) mass is 304 g/mol. The zero-order valence-electron chi connectivity index (χ0n) is 8.88. The van der Waals surface area contributed by atoms with Crippen molar-refractivity contribution in [3.8, 4) is 0 Å². The highest BCUT2D eigenvalue weighted by Crippen LogP contribution is 2.17. The Kier molecular flexibility index (Phi) is 5.49. The van der Waals surface area contributed by atoms with Crippen LogP contribution in [0.15, 0.2) is 0 Å². The first-order chi connectivity index (χ1) is 7.40. The molecule has 16 heavy (non-hydrogen) atoms. The zero-order valence-corrected chi connectivity index (χ0v) is 10.5. The van der Waals surface area contributed by atoms with Gasteiger partial charge in [0.1, 0.15) is 0 Å². The van der Waals surface area contributed by atoms with Crippen molar-refractivity contribution in [3.63, 3.8) is 0 Å². The number of halogens is 4. The van der Waals surface area contributed by atoms with Gasteiger partial charge in [0.15, 0.2) is 0 Å². The average Bonchev–Trinajstić information content (AvgIpc) is 2.18. The number of aliphatic hydroxyl groups is 1. The number of piperazine rings is 1. The van der Waals surface area contributed by atoms with Crippen LogP contribution >= 0.6 is 15.9 Å². The summed E-state index contributed by atoms with van der Waals surface area (Å²) in [6, 6.07) is 0. The Hall–Kier alpha value is 0.150. The Balaban J connectivity index is 2.23. The highest BCUT2D eigenvalue weighted by atomic mass is 79.9. The number of alkyl halides is 4. The molecule has 1 rings (SSSR count). The molecule has 0 amide bonds. The average molecular weight is 305 g/mol. The van der Waals surface area contributed by atoms with Gasteiger partial charge in [-0.2, -0.15) is 13.2 Å². The van der Waals surface area contributed by atoms with Crippen molar-refractivity contribution in [2.24, 2.45) is 0 Å². The van der Waals surface area contributed by atoms with Gasteiger partial charge in [0.25, 0.3) is 0 Å². The van der Waals surface area contributed by atoms with Crippen molar-refractivity contribution in [1.82, 2.24) is 9.80 Å². The molecule has 1 saturated heterocycles. The molecule has 1 aliphatic rings. The van der Waals surface area contributed by atoms with Crippen molar-refractivity contribution in [2.75, 3.05) is 44.6 Å². The Labute approximate surface area is 101 Å². The summed E-state index contributed by atoms with van der Waals surface area (Å²) < 4.78 is 36.3. The van der Waals surface area contributed by atoms with E-state index in [0.29, 0.717) is 38.1 Å². The van der Waals surface area contributed by atoms with Gasteiger partial charge in [0.2, 0.25) is 0 Å². The SMILES string of the molecule is OC(CBr)CN1CCN(CC(F)(F)F)CC1. The Morgan fingerprint density at radius 3 is 2.06 bits per heavy atom. The lowest BCUT2D eigenvalue weighted by Gasteiger charge is -2.35. The van der Waals surface area contributed by atoms with Crippen LogP contribution in [0.3, 0.4) is 0 Å². The van der Waals surface area contributed by atoms with E-state index >= 15 is 0 Å². The van der Waals surface area contributed by atoms with Crippen LogP contribution in [-0.4, -0.2) is 71.8 Å². The molecular formula is C9H16BrF3N2O. The fourth-order valence-corrected chi connectivity index (χ4v) is 1.94. The van der Waals surface area contributed by atoms with Gasteiger partial charge in [0.05, 0.1) is 12.6 Å². The number of rotatable bonds is 4. The smallest absolute Gasteiger partial charge is 0.391 e. The minimum atomic E-state index is -4.11. The second-order valence-corrected chi connectivity index (χ2v) is 4.65.